The molecule has 4 N–H and O–H groups in total. The van der Waals surface area contributed by atoms with E-state index in [1.165, 1.54) is 0 Å². The van der Waals surface area contributed by atoms with Gasteiger partial charge in [0.05, 0.1) is 17.2 Å². The number of aromatic nitrogens is 4. The summed E-state index contributed by atoms with van der Waals surface area (Å²) in [6.07, 6.45) is 0. The maximum Gasteiger partial charge on any atom is 0.156 e. The summed E-state index contributed by atoms with van der Waals surface area (Å²) in [5, 5.41) is 13.8. The number of fused-ring (bicyclic) bond motifs is 1. The highest BCUT2D eigenvalue weighted by atomic mass is 32.2. The Hall–Kier alpha value is -2.88. The summed E-state index contributed by atoms with van der Waals surface area (Å²) in [6, 6.07) is 9.13. The van der Waals surface area contributed by atoms with Crippen LogP contribution in [0.1, 0.15) is 0 Å². The van der Waals surface area contributed by atoms with E-state index in [1.807, 2.05) is 23.1 Å². The molecule has 0 unspecified atom stereocenters. The molecule has 0 amide bonds. The lowest BCUT2D eigenvalue weighted by molar-refractivity contribution is 0.586. The Balaban J connectivity index is 1.59. The van der Waals surface area contributed by atoms with Gasteiger partial charge >= 0.3 is 0 Å². The highest BCUT2D eigenvalue weighted by Gasteiger charge is 2.22. The molecule has 4 rings (SSSR count). The van der Waals surface area contributed by atoms with Gasteiger partial charge in [0.25, 0.3) is 0 Å². The zero-order valence-electron chi connectivity index (χ0n) is 13.3. The van der Waals surface area contributed by atoms with E-state index in [9.17, 15) is 8.42 Å². The van der Waals surface area contributed by atoms with Crippen molar-refractivity contribution in [3.8, 4) is 0 Å². The molecule has 0 atom stereocenters. The number of H-pyrrole nitrogens is 1. The molecule has 130 valence electrons. The number of sulfone groups is 1. The predicted molar refractivity (Wildman–Crippen MR) is 96.7 cm³/mol. The molecule has 10 heteroatoms. The molecule has 0 bridgehead atoms. The van der Waals surface area contributed by atoms with Crippen molar-refractivity contribution >= 4 is 43.9 Å². The summed E-state index contributed by atoms with van der Waals surface area (Å²) in [5.41, 5.74) is 8.84. The Morgan fingerprint density at radius 3 is 2.64 bits per heavy atom. The van der Waals surface area contributed by atoms with E-state index in [0.717, 1.165) is 16.7 Å². The lowest BCUT2D eigenvalue weighted by atomic mass is 10.2. The standard InChI is InChI=1S/C15H17N7O2S/c16-11-2-4-14(22-5-7-25(23,24)8-6-22)18-15(11)17-10-1-3-12-13(9-10)20-21-19-12/h1-4,9H,5-8,16H2,(H,17,18)(H,19,20,21). The molecule has 0 aliphatic carbocycles. The van der Waals surface area contributed by atoms with E-state index in [4.69, 9.17) is 5.73 Å². The SMILES string of the molecule is Nc1ccc(N2CCS(=O)(=O)CC2)nc1Nc1ccc2n[nH]nc2c1. The first-order valence-corrected chi connectivity index (χ1v) is 9.62. The van der Waals surface area contributed by atoms with Crippen LogP contribution in [0.25, 0.3) is 11.0 Å². The average molecular weight is 359 g/mol. The molecule has 1 aliphatic rings. The van der Waals surface area contributed by atoms with Crippen LogP contribution in [0.5, 0.6) is 0 Å². The number of pyridine rings is 1. The van der Waals surface area contributed by atoms with Gasteiger partial charge in [-0.05, 0) is 30.3 Å². The molecule has 0 saturated carbocycles. The third-order valence-corrected chi connectivity index (χ3v) is 5.77. The molecule has 3 aromatic rings. The highest BCUT2D eigenvalue weighted by Crippen LogP contribution is 2.26. The molecule has 25 heavy (non-hydrogen) atoms. The molecule has 1 saturated heterocycles. The van der Waals surface area contributed by atoms with Gasteiger partial charge in [-0.25, -0.2) is 13.4 Å². The van der Waals surface area contributed by atoms with Gasteiger partial charge < -0.3 is 16.0 Å². The molecular formula is C15H17N7O2S. The van der Waals surface area contributed by atoms with Crippen molar-refractivity contribution in [2.75, 3.05) is 40.5 Å². The molecule has 0 radical (unpaired) electrons. The van der Waals surface area contributed by atoms with Gasteiger partial charge in [0.2, 0.25) is 0 Å². The number of nitrogens with one attached hydrogen (secondary N) is 2. The van der Waals surface area contributed by atoms with E-state index < -0.39 is 9.84 Å². The number of hydrogen-bond donors (Lipinski definition) is 3. The Labute approximate surface area is 144 Å². The van der Waals surface area contributed by atoms with Crippen LogP contribution in [-0.4, -0.2) is 53.4 Å². The van der Waals surface area contributed by atoms with Crippen LogP contribution in [0.4, 0.5) is 23.0 Å². The van der Waals surface area contributed by atoms with Crippen molar-refractivity contribution in [2.45, 2.75) is 0 Å². The Kier molecular flexibility index (Phi) is 3.68. The first kappa shape index (κ1) is 15.6. The number of aromatic amines is 1. The Morgan fingerprint density at radius 1 is 1.08 bits per heavy atom. The normalized spacial score (nSPS) is 16.9. The Bertz CT molecular complexity index is 1020. The van der Waals surface area contributed by atoms with E-state index in [1.54, 1.807) is 12.1 Å². The van der Waals surface area contributed by atoms with Crippen LogP contribution in [0, 0.1) is 0 Å². The van der Waals surface area contributed by atoms with Crippen molar-refractivity contribution in [3.05, 3.63) is 30.3 Å². The number of nitrogens with two attached hydrogens (primary N) is 1. The van der Waals surface area contributed by atoms with Crippen molar-refractivity contribution in [1.82, 2.24) is 20.4 Å². The summed E-state index contributed by atoms with van der Waals surface area (Å²) < 4.78 is 23.2. The highest BCUT2D eigenvalue weighted by molar-refractivity contribution is 7.91. The van der Waals surface area contributed by atoms with Gasteiger partial charge in [0, 0.05) is 18.8 Å². The third kappa shape index (κ3) is 3.20. The smallest absolute Gasteiger partial charge is 0.156 e. The second-order valence-corrected chi connectivity index (χ2v) is 8.20. The van der Waals surface area contributed by atoms with Crippen molar-refractivity contribution in [3.63, 3.8) is 0 Å². The van der Waals surface area contributed by atoms with Crippen LogP contribution in [-0.2, 0) is 9.84 Å². The summed E-state index contributed by atoms with van der Waals surface area (Å²) in [5.74, 6) is 1.51. The molecule has 1 aliphatic heterocycles. The minimum absolute atomic E-state index is 0.143. The lowest BCUT2D eigenvalue weighted by Crippen LogP contribution is -2.40. The molecule has 0 spiro atoms. The first-order chi connectivity index (χ1) is 12.0. The van der Waals surface area contributed by atoms with Crippen molar-refractivity contribution in [1.29, 1.82) is 0 Å². The van der Waals surface area contributed by atoms with Crippen LogP contribution in [0.3, 0.4) is 0 Å². The summed E-state index contributed by atoms with van der Waals surface area (Å²) in [4.78, 5) is 6.51. The lowest BCUT2D eigenvalue weighted by Gasteiger charge is -2.28. The number of nitrogen functional groups attached to an aromatic ring is 1. The predicted octanol–water partition coefficient (Wildman–Crippen LogP) is 0.913. The second kappa shape index (κ2) is 5.88. The first-order valence-electron chi connectivity index (χ1n) is 7.80. The van der Waals surface area contributed by atoms with E-state index in [0.29, 0.717) is 30.4 Å². The second-order valence-electron chi connectivity index (χ2n) is 5.90. The summed E-state index contributed by atoms with van der Waals surface area (Å²) >= 11 is 0. The average Bonchev–Trinajstić information content (AvgIpc) is 3.05. The van der Waals surface area contributed by atoms with E-state index in [2.05, 4.69) is 25.7 Å². The minimum Gasteiger partial charge on any atom is -0.396 e. The summed E-state index contributed by atoms with van der Waals surface area (Å²) in [6.45, 7) is 0.868. The molecule has 1 fully saturated rings. The zero-order valence-corrected chi connectivity index (χ0v) is 14.1. The minimum atomic E-state index is -2.93. The molecule has 9 nitrogen and oxygen atoms in total. The van der Waals surface area contributed by atoms with Crippen LogP contribution >= 0.6 is 0 Å². The topological polar surface area (TPSA) is 130 Å². The quantitative estimate of drug-likeness (QED) is 0.629. The monoisotopic (exact) mass is 359 g/mol. The summed E-state index contributed by atoms with van der Waals surface area (Å²) in [7, 11) is -2.93. The van der Waals surface area contributed by atoms with Gasteiger partial charge in [0.15, 0.2) is 15.7 Å². The van der Waals surface area contributed by atoms with Crippen molar-refractivity contribution < 1.29 is 8.42 Å². The molecular weight excluding hydrogens is 342 g/mol. The van der Waals surface area contributed by atoms with Crippen LogP contribution in [0.2, 0.25) is 0 Å². The fourth-order valence-corrected chi connectivity index (χ4v) is 3.93. The van der Waals surface area contributed by atoms with Crippen molar-refractivity contribution in [2.24, 2.45) is 0 Å². The zero-order chi connectivity index (χ0) is 17.4. The van der Waals surface area contributed by atoms with Gasteiger partial charge in [-0.1, -0.05) is 0 Å². The van der Waals surface area contributed by atoms with E-state index >= 15 is 0 Å². The van der Waals surface area contributed by atoms with E-state index in [-0.39, 0.29) is 11.5 Å². The molecule has 2 aromatic heterocycles. The van der Waals surface area contributed by atoms with Gasteiger partial charge in [-0.15, -0.1) is 0 Å². The Morgan fingerprint density at radius 2 is 1.84 bits per heavy atom. The van der Waals surface area contributed by atoms with Gasteiger partial charge in [-0.3, -0.25) is 0 Å². The third-order valence-electron chi connectivity index (χ3n) is 4.16. The number of rotatable bonds is 3. The van der Waals surface area contributed by atoms with Gasteiger partial charge in [0.1, 0.15) is 16.9 Å². The largest absolute Gasteiger partial charge is 0.396 e. The fraction of sp³-hybridized carbons (Fsp3) is 0.267. The molecule has 1 aromatic carbocycles. The van der Waals surface area contributed by atoms with Crippen LogP contribution in [0.15, 0.2) is 30.3 Å². The number of hydrogen-bond acceptors (Lipinski definition) is 8. The maximum absolute atomic E-state index is 11.6. The number of anilines is 4. The van der Waals surface area contributed by atoms with Gasteiger partial charge in [-0.2, -0.15) is 15.4 Å². The molecule has 3 heterocycles. The maximum atomic E-state index is 11.6. The fourth-order valence-electron chi connectivity index (χ4n) is 2.73. The number of benzene rings is 1. The number of nitrogens with zero attached hydrogens (tertiary/aromatic N) is 4. The van der Waals surface area contributed by atoms with Crippen LogP contribution < -0.4 is 16.0 Å².